The highest BCUT2D eigenvalue weighted by molar-refractivity contribution is 6.02. The third-order valence-corrected chi connectivity index (χ3v) is 2.25. The number of nitrogens with one attached hydrogen (secondary N) is 1. The highest BCUT2D eigenvalue weighted by atomic mass is 16.6. The molecule has 0 bridgehead atoms. The number of aromatic carboxylic acids is 1. The highest BCUT2D eigenvalue weighted by Crippen LogP contribution is 2.16. The lowest BCUT2D eigenvalue weighted by atomic mass is 10.3. The summed E-state index contributed by atoms with van der Waals surface area (Å²) < 4.78 is 4.71. The van der Waals surface area contributed by atoms with Crippen LogP contribution in [0.5, 0.6) is 0 Å². The van der Waals surface area contributed by atoms with Gasteiger partial charge in [-0.15, -0.1) is 0 Å². The fourth-order valence-electron chi connectivity index (χ4n) is 1.32. The van der Waals surface area contributed by atoms with E-state index in [1.54, 1.807) is 0 Å². The van der Waals surface area contributed by atoms with E-state index >= 15 is 0 Å². The summed E-state index contributed by atoms with van der Waals surface area (Å²) in [7, 11) is 0. The number of aromatic nitrogens is 1. The van der Waals surface area contributed by atoms with Gasteiger partial charge in [-0.05, 0) is 18.2 Å². The molecule has 2 aromatic rings. The summed E-state index contributed by atoms with van der Waals surface area (Å²) in [6, 6.07) is 4.75. The van der Waals surface area contributed by atoms with Gasteiger partial charge < -0.3 is 14.8 Å². The number of carbonyl (C=O) groups excluding carboxylic acids is 1. The molecule has 9 nitrogen and oxygen atoms in total. The predicted molar refractivity (Wildman–Crippen MR) is 64.5 cm³/mol. The van der Waals surface area contributed by atoms with Crippen LogP contribution in [0.3, 0.4) is 0 Å². The molecule has 0 aliphatic heterocycles. The lowest BCUT2D eigenvalue weighted by molar-refractivity contribution is -0.402. The second kappa shape index (κ2) is 5.18. The predicted octanol–water partition coefficient (Wildman–Crippen LogP) is 1.53. The van der Waals surface area contributed by atoms with Crippen molar-refractivity contribution in [2.24, 2.45) is 0 Å². The topological polar surface area (TPSA) is 136 Å². The zero-order chi connectivity index (χ0) is 14.7. The van der Waals surface area contributed by atoms with Gasteiger partial charge in [0.15, 0.2) is 5.76 Å². The molecule has 102 valence electrons. The van der Waals surface area contributed by atoms with E-state index in [0.29, 0.717) is 0 Å². The number of anilines is 1. The maximum absolute atomic E-state index is 11.7. The number of nitrogens with zero attached hydrogens (tertiary/aromatic N) is 2. The molecule has 2 N–H and O–H groups in total. The Morgan fingerprint density at radius 2 is 2.05 bits per heavy atom. The van der Waals surface area contributed by atoms with Gasteiger partial charge in [-0.3, -0.25) is 14.9 Å². The molecule has 2 aromatic heterocycles. The fourth-order valence-corrected chi connectivity index (χ4v) is 1.32. The van der Waals surface area contributed by atoms with E-state index in [2.05, 4.69) is 10.3 Å². The van der Waals surface area contributed by atoms with Crippen molar-refractivity contribution in [1.82, 2.24) is 4.98 Å². The molecule has 0 aliphatic rings. The zero-order valence-electron chi connectivity index (χ0n) is 9.77. The first-order valence-electron chi connectivity index (χ1n) is 5.22. The third-order valence-electron chi connectivity index (χ3n) is 2.25. The molecule has 0 spiro atoms. The fraction of sp³-hybridized carbons (Fsp3) is 0. The maximum Gasteiger partial charge on any atom is 0.433 e. The lowest BCUT2D eigenvalue weighted by Crippen LogP contribution is -2.12. The second-order valence-electron chi connectivity index (χ2n) is 3.59. The van der Waals surface area contributed by atoms with Crippen molar-refractivity contribution in [2.75, 3.05) is 5.32 Å². The molecule has 0 saturated carbocycles. The van der Waals surface area contributed by atoms with Gasteiger partial charge in [-0.2, -0.15) is 0 Å². The summed E-state index contributed by atoms with van der Waals surface area (Å²) in [6.07, 6.45) is 1.07. The number of hydrogen-bond acceptors (Lipinski definition) is 6. The third kappa shape index (κ3) is 2.77. The highest BCUT2D eigenvalue weighted by Gasteiger charge is 2.17. The largest absolute Gasteiger partial charge is 0.478 e. The quantitative estimate of drug-likeness (QED) is 0.638. The van der Waals surface area contributed by atoms with E-state index < -0.39 is 22.7 Å². The zero-order valence-corrected chi connectivity index (χ0v) is 9.77. The van der Waals surface area contributed by atoms with E-state index in [1.807, 2.05) is 0 Å². The Morgan fingerprint density at radius 3 is 2.55 bits per heavy atom. The average molecular weight is 277 g/mol. The number of carbonyl (C=O) groups is 2. The minimum atomic E-state index is -1.14. The number of amides is 1. The summed E-state index contributed by atoms with van der Waals surface area (Å²) in [4.78, 5) is 35.7. The number of rotatable bonds is 4. The minimum absolute atomic E-state index is 0.0309. The number of carboxylic acid groups (broad SMARTS) is 1. The van der Waals surface area contributed by atoms with E-state index in [9.17, 15) is 19.7 Å². The number of hydrogen-bond donors (Lipinski definition) is 2. The minimum Gasteiger partial charge on any atom is -0.478 e. The molecule has 0 fully saturated rings. The summed E-state index contributed by atoms with van der Waals surface area (Å²) in [5.74, 6) is -2.57. The molecule has 20 heavy (non-hydrogen) atoms. The van der Waals surface area contributed by atoms with Crippen molar-refractivity contribution < 1.29 is 24.0 Å². The van der Waals surface area contributed by atoms with E-state index in [1.165, 1.54) is 12.1 Å². The van der Waals surface area contributed by atoms with Gasteiger partial charge in [0.25, 0.3) is 5.91 Å². The molecule has 0 radical (unpaired) electrons. The molecule has 9 heteroatoms. The van der Waals surface area contributed by atoms with E-state index in [4.69, 9.17) is 9.52 Å². The van der Waals surface area contributed by atoms with Gasteiger partial charge in [0, 0.05) is 6.20 Å². The molecule has 0 unspecified atom stereocenters. The monoisotopic (exact) mass is 277 g/mol. The molecule has 1 amide bonds. The van der Waals surface area contributed by atoms with Crippen molar-refractivity contribution in [3.05, 3.63) is 51.9 Å². The Balaban J connectivity index is 2.10. The Bertz CT molecular complexity index is 676. The first-order chi connectivity index (χ1) is 9.47. The molecular weight excluding hydrogens is 270 g/mol. The van der Waals surface area contributed by atoms with Crippen LogP contribution in [0.2, 0.25) is 0 Å². The van der Waals surface area contributed by atoms with Crippen LogP contribution in [-0.4, -0.2) is 26.9 Å². The van der Waals surface area contributed by atoms with Crippen molar-refractivity contribution in [2.45, 2.75) is 0 Å². The molecule has 0 atom stereocenters. The number of carboxylic acids is 1. The second-order valence-corrected chi connectivity index (χ2v) is 3.59. The molecule has 2 heterocycles. The molecule has 0 saturated heterocycles. The normalized spacial score (nSPS) is 10.0. The Kier molecular flexibility index (Phi) is 3.42. The lowest BCUT2D eigenvalue weighted by Gasteiger charge is -2.01. The van der Waals surface area contributed by atoms with Gasteiger partial charge in [-0.25, -0.2) is 9.78 Å². The SMILES string of the molecule is O=C(O)c1ccc(NC(=O)c2ccc([N+](=O)[O-])o2)nc1. The van der Waals surface area contributed by atoms with Crippen LogP contribution in [-0.2, 0) is 0 Å². The Morgan fingerprint density at radius 1 is 1.30 bits per heavy atom. The first-order valence-corrected chi connectivity index (χ1v) is 5.22. The van der Waals surface area contributed by atoms with Crippen LogP contribution in [0.25, 0.3) is 0 Å². The maximum atomic E-state index is 11.7. The van der Waals surface area contributed by atoms with Gasteiger partial charge >= 0.3 is 11.9 Å². The van der Waals surface area contributed by atoms with Crippen molar-refractivity contribution in [3.63, 3.8) is 0 Å². The van der Waals surface area contributed by atoms with Crippen LogP contribution in [0.1, 0.15) is 20.9 Å². The van der Waals surface area contributed by atoms with Crippen LogP contribution in [0.4, 0.5) is 11.7 Å². The summed E-state index contributed by atoms with van der Waals surface area (Å²) >= 11 is 0. The van der Waals surface area contributed by atoms with Crippen LogP contribution < -0.4 is 5.32 Å². The summed E-state index contributed by atoms with van der Waals surface area (Å²) in [5, 5.41) is 21.4. The number of nitro groups is 1. The van der Waals surface area contributed by atoms with Crippen molar-refractivity contribution in [1.29, 1.82) is 0 Å². The summed E-state index contributed by atoms with van der Waals surface area (Å²) in [5.41, 5.74) is -0.0309. The number of pyridine rings is 1. The van der Waals surface area contributed by atoms with Crippen molar-refractivity contribution in [3.8, 4) is 0 Å². The summed E-state index contributed by atoms with van der Waals surface area (Å²) in [6.45, 7) is 0. The van der Waals surface area contributed by atoms with E-state index in [-0.39, 0.29) is 17.1 Å². The molecule has 2 rings (SSSR count). The number of furan rings is 1. The Labute approximate surface area is 111 Å². The molecular formula is C11H7N3O6. The van der Waals surface area contributed by atoms with Gasteiger partial charge in [0.05, 0.1) is 11.6 Å². The van der Waals surface area contributed by atoms with Crippen LogP contribution in [0, 0.1) is 10.1 Å². The van der Waals surface area contributed by atoms with Gasteiger partial charge in [0.1, 0.15) is 10.7 Å². The molecule has 0 aliphatic carbocycles. The first kappa shape index (κ1) is 13.2. The average Bonchev–Trinajstić information content (AvgIpc) is 2.89. The molecule has 0 aromatic carbocycles. The Hall–Kier alpha value is -3.23. The van der Waals surface area contributed by atoms with Crippen LogP contribution in [0.15, 0.2) is 34.9 Å². The van der Waals surface area contributed by atoms with Crippen molar-refractivity contribution >= 4 is 23.6 Å². The standard InChI is InChI=1S/C11H7N3O6/c15-10(7-2-4-9(20-7)14(18)19)13-8-3-1-6(5-12-8)11(16)17/h1-5H,(H,16,17)(H,12,13,15). The van der Waals surface area contributed by atoms with Gasteiger partial charge in [0.2, 0.25) is 0 Å². The smallest absolute Gasteiger partial charge is 0.433 e. The van der Waals surface area contributed by atoms with Gasteiger partial charge in [-0.1, -0.05) is 0 Å². The van der Waals surface area contributed by atoms with Crippen LogP contribution >= 0.6 is 0 Å². The van der Waals surface area contributed by atoms with E-state index in [0.717, 1.165) is 18.3 Å².